The summed E-state index contributed by atoms with van der Waals surface area (Å²) in [5, 5.41) is 12.3. The maximum Gasteiger partial charge on any atom is 0.150 e. The van der Waals surface area contributed by atoms with E-state index in [1.807, 2.05) is 24.4 Å². The lowest BCUT2D eigenvalue weighted by molar-refractivity contribution is 0.160. The third-order valence-electron chi connectivity index (χ3n) is 3.91. The van der Waals surface area contributed by atoms with Crippen LogP contribution in [0.25, 0.3) is 0 Å². The number of piperidine rings is 1. The van der Waals surface area contributed by atoms with E-state index in [2.05, 4.69) is 25.2 Å². The van der Waals surface area contributed by atoms with Crippen molar-refractivity contribution in [1.29, 1.82) is 0 Å². The van der Waals surface area contributed by atoms with Gasteiger partial charge in [-0.25, -0.2) is 9.97 Å². The van der Waals surface area contributed by atoms with Crippen molar-refractivity contribution in [3.05, 3.63) is 42.5 Å². The number of hydrogen-bond acceptors (Lipinski definition) is 6. The highest BCUT2D eigenvalue weighted by atomic mass is 16.3. The number of likely N-dealkylation sites (tertiary alicyclic amines) is 1. The SMILES string of the molecule is OCCN1CCC[C@H](c2cncc(Nc3ccccn3)n2)C1. The third-order valence-corrected chi connectivity index (χ3v) is 3.91. The van der Waals surface area contributed by atoms with Crippen LogP contribution in [0.2, 0.25) is 0 Å². The minimum absolute atomic E-state index is 0.208. The van der Waals surface area contributed by atoms with Crippen molar-refractivity contribution in [1.82, 2.24) is 19.9 Å². The Morgan fingerprint density at radius 1 is 1.27 bits per heavy atom. The fourth-order valence-corrected chi connectivity index (χ4v) is 2.85. The quantitative estimate of drug-likeness (QED) is 0.877. The van der Waals surface area contributed by atoms with Crippen molar-refractivity contribution in [3.63, 3.8) is 0 Å². The van der Waals surface area contributed by atoms with Crippen molar-refractivity contribution in [2.75, 3.05) is 31.6 Å². The summed E-state index contributed by atoms with van der Waals surface area (Å²) in [7, 11) is 0. The molecule has 2 aromatic rings. The van der Waals surface area contributed by atoms with E-state index in [1.165, 1.54) is 0 Å². The van der Waals surface area contributed by atoms with Gasteiger partial charge in [0.15, 0.2) is 0 Å². The number of nitrogens with one attached hydrogen (secondary N) is 1. The second-order valence-electron chi connectivity index (χ2n) is 5.53. The molecule has 1 atom stereocenters. The van der Waals surface area contributed by atoms with E-state index in [0.29, 0.717) is 5.92 Å². The molecule has 0 bridgehead atoms. The average Bonchev–Trinajstić information content (AvgIpc) is 2.57. The van der Waals surface area contributed by atoms with Gasteiger partial charge in [0, 0.05) is 31.4 Å². The fourth-order valence-electron chi connectivity index (χ4n) is 2.85. The molecule has 22 heavy (non-hydrogen) atoms. The van der Waals surface area contributed by atoms with Gasteiger partial charge >= 0.3 is 0 Å². The van der Waals surface area contributed by atoms with E-state index < -0.39 is 0 Å². The van der Waals surface area contributed by atoms with Gasteiger partial charge in [-0.3, -0.25) is 4.98 Å². The summed E-state index contributed by atoms with van der Waals surface area (Å²) in [6, 6.07) is 5.71. The number of β-amino-alcohol motifs (C(OH)–C–C–N with tert-alkyl or cyclic N) is 1. The van der Waals surface area contributed by atoms with Gasteiger partial charge in [0.25, 0.3) is 0 Å². The molecule has 1 saturated heterocycles. The third kappa shape index (κ3) is 3.78. The monoisotopic (exact) mass is 299 g/mol. The Morgan fingerprint density at radius 3 is 3.05 bits per heavy atom. The molecule has 0 saturated carbocycles. The van der Waals surface area contributed by atoms with Crippen molar-refractivity contribution in [2.45, 2.75) is 18.8 Å². The van der Waals surface area contributed by atoms with Crippen LogP contribution >= 0.6 is 0 Å². The Kier molecular flexibility index (Phi) is 4.92. The zero-order chi connectivity index (χ0) is 15.2. The van der Waals surface area contributed by atoms with Crippen LogP contribution in [0.15, 0.2) is 36.8 Å². The van der Waals surface area contributed by atoms with Gasteiger partial charge in [-0.1, -0.05) is 6.07 Å². The van der Waals surface area contributed by atoms with E-state index in [4.69, 9.17) is 5.11 Å². The lowest BCUT2D eigenvalue weighted by Crippen LogP contribution is -2.36. The van der Waals surface area contributed by atoms with Crippen molar-refractivity contribution < 1.29 is 5.11 Å². The molecule has 0 amide bonds. The van der Waals surface area contributed by atoms with Crippen LogP contribution in [0.3, 0.4) is 0 Å². The average molecular weight is 299 g/mol. The lowest BCUT2D eigenvalue weighted by Gasteiger charge is -2.31. The molecular weight excluding hydrogens is 278 g/mol. The number of aromatic nitrogens is 3. The highest BCUT2D eigenvalue weighted by molar-refractivity contribution is 5.50. The Balaban J connectivity index is 1.70. The molecule has 0 aliphatic carbocycles. The number of pyridine rings is 1. The largest absolute Gasteiger partial charge is 0.395 e. The maximum atomic E-state index is 9.10. The number of aliphatic hydroxyl groups is 1. The van der Waals surface area contributed by atoms with Crippen molar-refractivity contribution in [3.8, 4) is 0 Å². The number of rotatable bonds is 5. The highest BCUT2D eigenvalue weighted by Gasteiger charge is 2.22. The van der Waals surface area contributed by atoms with E-state index in [-0.39, 0.29) is 6.61 Å². The van der Waals surface area contributed by atoms with E-state index >= 15 is 0 Å². The number of anilines is 2. The Bertz CT molecular complexity index is 590. The molecule has 2 N–H and O–H groups in total. The van der Waals surface area contributed by atoms with E-state index in [1.54, 1.807) is 12.4 Å². The molecule has 3 heterocycles. The minimum Gasteiger partial charge on any atom is -0.395 e. The van der Waals surface area contributed by atoms with Gasteiger partial charge in [0.2, 0.25) is 0 Å². The van der Waals surface area contributed by atoms with E-state index in [0.717, 1.165) is 49.8 Å². The topological polar surface area (TPSA) is 74.2 Å². The number of aliphatic hydroxyl groups excluding tert-OH is 1. The first kappa shape index (κ1) is 14.9. The molecule has 6 heteroatoms. The van der Waals surface area contributed by atoms with Gasteiger partial charge in [-0.15, -0.1) is 0 Å². The second-order valence-corrected chi connectivity index (χ2v) is 5.53. The molecule has 116 valence electrons. The van der Waals surface area contributed by atoms with Crippen LogP contribution in [-0.4, -0.2) is 51.2 Å². The Hall–Kier alpha value is -2.05. The molecular formula is C16H21N5O. The molecule has 0 radical (unpaired) electrons. The molecule has 0 aromatic carbocycles. The molecule has 3 rings (SSSR count). The number of hydrogen-bond donors (Lipinski definition) is 2. The summed E-state index contributed by atoms with van der Waals surface area (Å²) in [5.41, 5.74) is 1.00. The molecule has 2 aromatic heterocycles. The molecule has 1 fully saturated rings. The molecule has 1 aliphatic heterocycles. The zero-order valence-electron chi connectivity index (χ0n) is 12.5. The smallest absolute Gasteiger partial charge is 0.150 e. The summed E-state index contributed by atoms with van der Waals surface area (Å²) in [6.45, 7) is 2.92. The summed E-state index contributed by atoms with van der Waals surface area (Å²) in [4.78, 5) is 15.5. The summed E-state index contributed by atoms with van der Waals surface area (Å²) >= 11 is 0. The second kappa shape index (κ2) is 7.29. The van der Waals surface area contributed by atoms with Gasteiger partial charge in [-0.05, 0) is 31.5 Å². The first-order valence-corrected chi connectivity index (χ1v) is 7.68. The zero-order valence-corrected chi connectivity index (χ0v) is 12.5. The summed E-state index contributed by atoms with van der Waals surface area (Å²) in [5.74, 6) is 1.85. The van der Waals surface area contributed by atoms with Gasteiger partial charge < -0.3 is 15.3 Å². The van der Waals surface area contributed by atoms with Crippen LogP contribution in [0, 0.1) is 0 Å². The van der Waals surface area contributed by atoms with Crippen LogP contribution in [-0.2, 0) is 0 Å². The molecule has 0 spiro atoms. The van der Waals surface area contributed by atoms with Crippen LogP contribution in [0.5, 0.6) is 0 Å². The Morgan fingerprint density at radius 2 is 2.23 bits per heavy atom. The number of nitrogens with zero attached hydrogens (tertiary/aromatic N) is 4. The normalized spacial score (nSPS) is 19.0. The van der Waals surface area contributed by atoms with E-state index in [9.17, 15) is 0 Å². The Labute approximate surface area is 130 Å². The first-order valence-electron chi connectivity index (χ1n) is 7.68. The maximum absolute atomic E-state index is 9.10. The minimum atomic E-state index is 0.208. The fraction of sp³-hybridized carbons (Fsp3) is 0.438. The van der Waals surface area contributed by atoms with Crippen LogP contribution in [0.4, 0.5) is 11.6 Å². The summed E-state index contributed by atoms with van der Waals surface area (Å²) < 4.78 is 0. The van der Waals surface area contributed by atoms with Crippen LogP contribution < -0.4 is 5.32 Å². The van der Waals surface area contributed by atoms with Crippen molar-refractivity contribution in [2.24, 2.45) is 0 Å². The van der Waals surface area contributed by atoms with Gasteiger partial charge in [-0.2, -0.15) is 0 Å². The predicted molar refractivity (Wildman–Crippen MR) is 85.1 cm³/mol. The highest BCUT2D eigenvalue weighted by Crippen LogP contribution is 2.26. The lowest BCUT2D eigenvalue weighted by atomic mass is 9.95. The van der Waals surface area contributed by atoms with Gasteiger partial charge in [0.05, 0.1) is 18.5 Å². The molecule has 1 aliphatic rings. The van der Waals surface area contributed by atoms with Crippen molar-refractivity contribution >= 4 is 11.6 Å². The predicted octanol–water partition coefficient (Wildman–Crippen LogP) is 1.79. The van der Waals surface area contributed by atoms with Gasteiger partial charge in [0.1, 0.15) is 11.6 Å². The molecule has 0 unspecified atom stereocenters. The van der Waals surface area contributed by atoms with Crippen LogP contribution in [0.1, 0.15) is 24.5 Å². The summed E-state index contributed by atoms with van der Waals surface area (Å²) in [6.07, 6.45) is 7.55. The first-order chi connectivity index (χ1) is 10.8. The standard InChI is InChI=1S/C16H21N5O/c22-9-8-21-7-3-4-13(12-21)14-10-17-11-16(19-14)20-15-5-1-2-6-18-15/h1-2,5-6,10-11,13,22H,3-4,7-9,12H2,(H,18,19,20)/t13-/m0/s1. The molecule has 6 nitrogen and oxygen atoms in total.